The molecule has 0 unspecified atom stereocenters. The van der Waals surface area contributed by atoms with Crippen LogP contribution in [0.4, 0.5) is 11.4 Å². The Hall–Kier alpha value is -3.77. The number of primary amides is 1. The fraction of sp³-hybridized carbons (Fsp3) is 0.261. The van der Waals surface area contributed by atoms with Crippen LogP contribution in [-0.2, 0) is 14.3 Å². The molecule has 3 aromatic rings. The average Bonchev–Trinajstić information content (AvgIpc) is 3.44. The van der Waals surface area contributed by atoms with Crippen molar-refractivity contribution in [2.45, 2.75) is 26.8 Å². The Morgan fingerprint density at radius 3 is 2.40 bits per heavy atom. The summed E-state index contributed by atoms with van der Waals surface area (Å²) in [7, 11) is 0. The molecule has 0 saturated heterocycles. The van der Waals surface area contributed by atoms with Gasteiger partial charge in [-0.3, -0.25) is 24.1 Å². The molecular weight excluding hydrogens is 490 g/mol. The fourth-order valence-electron chi connectivity index (χ4n) is 3.50. The molecule has 0 aliphatic rings. The highest BCUT2D eigenvalue weighted by molar-refractivity contribution is 7.10. The van der Waals surface area contributed by atoms with Gasteiger partial charge in [0, 0.05) is 10.6 Å². The summed E-state index contributed by atoms with van der Waals surface area (Å²) in [4.78, 5) is 52.7. The Morgan fingerprint density at radius 1 is 1.17 bits per heavy atom. The molecule has 5 N–H and O–H groups in total. The number of thiophene rings is 1. The molecule has 0 bridgehead atoms. The van der Waals surface area contributed by atoms with Crippen molar-refractivity contribution < 1.29 is 23.9 Å². The minimum Gasteiger partial charge on any atom is -0.465 e. The van der Waals surface area contributed by atoms with Crippen molar-refractivity contribution in [3.63, 3.8) is 0 Å². The summed E-state index contributed by atoms with van der Waals surface area (Å²) in [5.74, 6) is -2.70. The van der Waals surface area contributed by atoms with E-state index in [2.05, 4.69) is 9.69 Å². The number of rotatable bonds is 9. The number of aryl methyl sites for hydroxylation is 2. The smallest absolute Gasteiger partial charge is 0.325 e. The van der Waals surface area contributed by atoms with Crippen LogP contribution in [-0.4, -0.2) is 41.2 Å². The van der Waals surface area contributed by atoms with Crippen LogP contribution >= 0.6 is 22.9 Å². The molecule has 0 aliphatic carbocycles. The largest absolute Gasteiger partial charge is 0.465 e. The first kappa shape index (κ1) is 25.8. The number of carbonyl (C=O) groups is 4. The van der Waals surface area contributed by atoms with Crippen molar-refractivity contribution in [3.05, 3.63) is 62.3 Å². The summed E-state index contributed by atoms with van der Waals surface area (Å²) in [6.07, 6.45) is 0. The minimum absolute atomic E-state index is 0.0299. The van der Waals surface area contributed by atoms with Gasteiger partial charge in [0.1, 0.15) is 11.4 Å². The first-order chi connectivity index (χ1) is 16.6. The van der Waals surface area contributed by atoms with Gasteiger partial charge in [0.25, 0.3) is 11.8 Å². The van der Waals surface area contributed by atoms with Crippen molar-refractivity contribution in [1.29, 1.82) is 0 Å². The van der Waals surface area contributed by atoms with E-state index in [4.69, 9.17) is 16.2 Å². The number of nitrogen functional groups attached to an aromatic ring is 1. The molecule has 0 saturated carbocycles. The van der Waals surface area contributed by atoms with E-state index in [0.29, 0.717) is 10.6 Å². The molecule has 1 aromatic carbocycles. The second-order valence-electron chi connectivity index (χ2n) is 7.60. The summed E-state index contributed by atoms with van der Waals surface area (Å²) in [6.45, 7) is 5.20. The molecule has 3 amide bonds. The monoisotopic (exact) mass is 515 g/mol. The van der Waals surface area contributed by atoms with Gasteiger partial charge >= 0.3 is 5.97 Å². The highest BCUT2D eigenvalue weighted by atomic mass is 32.1. The predicted molar refractivity (Wildman–Crippen MR) is 134 cm³/mol. The number of hydrogen-bond donors (Lipinski definition) is 3. The first-order valence-electron chi connectivity index (χ1n) is 10.6. The molecular formula is C23H25N5O5S2. The van der Waals surface area contributed by atoms with E-state index >= 15 is 0 Å². The van der Waals surface area contributed by atoms with E-state index in [9.17, 15) is 19.2 Å². The molecule has 0 fully saturated rings. The number of nitrogens with two attached hydrogens (primary N) is 2. The lowest BCUT2D eigenvalue weighted by Gasteiger charge is -2.30. The lowest BCUT2D eigenvalue weighted by atomic mass is 10.1. The van der Waals surface area contributed by atoms with Gasteiger partial charge in [0.15, 0.2) is 11.7 Å². The predicted octanol–water partition coefficient (Wildman–Crippen LogP) is 2.57. The number of benzene rings is 1. The van der Waals surface area contributed by atoms with Crippen LogP contribution in [0, 0.1) is 13.8 Å². The lowest BCUT2D eigenvalue weighted by molar-refractivity contribution is -0.143. The molecule has 0 aliphatic heterocycles. The molecule has 12 heteroatoms. The molecule has 2 aromatic heterocycles. The molecule has 2 heterocycles. The zero-order chi connectivity index (χ0) is 25.7. The normalized spacial score (nSPS) is 11.5. The summed E-state index contributed by atoms with van der Waals surface area (Å²) in [5, 5.41) is 4.34. The van der Waals surface area contributed by atoms with E-state index < -0.39 is 29.7 Å². The molecule has 0 radical (unpaired) electrons. The second-order valence-corrected chi connectivity index (χ2v) is 9.35. The van der Waals surface area contributed by atoms with Crippen molar-refractivity contribution in [2.24, 2.45) is 5.73 Å². The van der Waals surface area contributed by atoms with Gasteiger partial charge in [-0.25, -0.2) is 0 Å². The maximum Gasteiger partial charge on any atom is 0.325 e. The molecule has 0 spiro atoms. The number of esters is 1. The zero-order valence-corrected chi connectivity index (χ0v) is 21.0. The maximum absolute atomic E-state index is 13.9. The SMILES string of the molecule is CCOC(=O)CNC(=O)[C@H](c1cccs1)N(C(=O)c1snc(C(N)=O)c1N)c1cc(C)cc(C)c1. The third-order valence-electron chi connectivity index (χ3n) is 4.89. The molecule has 184 valence electrons. The number of nitrogens with one attached hydrogen (secondary N) is 1. The average molecular weight is 516 g/mol. The van der Waals surface area contributed by atoms with Gasteiger partial charge in [0.05, 0.1) is 12.3 Å². The van der Waals surface area contributed by atoms with Crippen LogP contribution in [0.25, 0.3) is 0 Å². The van der Waals surface area contributed by atoms with E-state index in [1.165, 1.54) is 16.2 Å². The van der Waals surface area contributed by atoms with Crippen LogP contribution in [0.5, 0.6) is 0 Å². The van der Waals surface area contributed by atoms with Gasteiger partial charge in [-0.2, -0.15) is 4.37 Å². The van der Waals surface area contributed by atoms with Gasteiger partial charge < -0.3 is 21.5 Å². The van der Waals surface area contributed by atoms with Crippen LogP contribution in [0.1, 0.15) is 49.1 Å². The fourth-order valence-corrected chi connectivity index (χ4v) is 5.06. The standard InChI is InChI=1S/C23H25N5O5S2/c1-4-33-16(29)11-26-22(31)19(15-6-5-7-34-15)28(14-9-12(2)8-13(3)10-14)23(32)20-17(24)18(21(25)30)27-35-20/h5-10,19H,4,11,24H2,1-3H3,(H2,25,30)(H,26,31)/t19-/m0/s1. The van der Waals surface area contributed by atoms with E-state index in [-0.39, 0.29) is 29.4 Å². The second kappa shape index (κ2) is 11.1. The Bertz CT molecular complexity index is 1230. The third-order valence-corrected chi connectivity index (χ3v) is 6.67. The number of amides is 3. The van der Waals surface area contributed by atoms with Crippen molar-refractivity contribution in [1.82, 2.24) is 9.69 Å². The van der Waals surface area contributed by atoms with Gasteiger partial charge in [-0.1, -0.05) is 12.1 Å². The summed E-state index contributed by atoms with van der Waals surface area (Å²) < 4.78 is 8.83. The van der Waals surface area contributed by atoms with Crippen LogP contribution in [0.2, 0.25) is 0 Å². The summed E-state index contributed by atoms with van der Waals surface area (Å²) >= 11 is 2.00. The Labute approximate surface area is 210 Å². The summed E-state index contributed by atoms with van der Waals surface area (Å²) in [5.41, 5.74) is 13.2. The summed E-state index contributed by atoms with van der Waals surface area (Å²) in [6, 6.07) is 7.78. The van der Waals surface area contributed by atoms with Crippen LogP contribution in [0.15, 0.2) is 35.7 Å². The highest BCUT2D eigenvalue weighted by Crippen LogP contribution is 2.35. The van der Waals surface area contributed by atoms with E-state index in [1.807, 2.05) is 19.9 Å². The first-order valence-corrected chi connectivity index (χ1v) is 12.2. The highest BCUT2D eigenvalue weighted by Gasteiger charge is 2.37. The van der Waals surface area contributed by atoms with E-state index in [1.54, 1.807) is 36.6 Å². The van der Waals surface area contributed by atoms with Gasteiger partial charge in [0.2, 0.25) is 5.91 Å². The minimum atomic E-state index is -1.14. The third kappa shape index (κ3) is 5.84. The number of carbonyl (C=O) groups excluding carboxylic acids is 4. The lowest BCUT2D eigenvalue weighted by Crippen LogP contribution is -2.45. The Balaban J connectivity index is 2.14. The number of nitrogens with zero attached hydrogens (tertiary/aromatic N) is 2. The van der Waals surface area contributed by atoms with Crippen LogP contribution < -0.4 is 21.7 Å². The Morgan fingerprint density at radius 2 is 1.86 bits per heavy atom. The topological polar surface area (TPSA) is 158 Å². The number of hydrogen-bond acceptors (Lipinski definition) is 9. The molecule has 3 rings (SSSR count). The van der Waals surface area contributed by atoms with E-state index in [0.717, 1.165) is 22.7 Å². The van der Waals surface area contributed by atoms with Crippen molar-refractivity contribution >= 4 is 57.9 Å². The number of anilines is 2. The Kier molecular flexibility index (Phi) is 8.20. The molecule has 35 heavy (non-hydrogen) atoms. The molecule has 1 atom stereocenters. The quantitative estimate of drug-likeness (QED) is 0.370. The number of ether oxygens (including phenoxy) is 1. The van der Waals surface area contributed by atoms with Crippen LogP contribution in [0.3, 0.4) is 0 Å². The maximum atomic E-state index is 13.9. The van der Waals surface area contributed by atoms with Gasteiger partial charge in [-0.15, -0.1) is 11.3 Å². The molecule has 10 nitrogen and oxygen atoms in total. The van der Waals surface area contributed by atoms with Gasteiger partial charge in [-0.05, 0) is 67.0 Å². The van der Waals surface area contributed by atoms with Crippen molar-refractivity contribution in [2.75, 3.05) is 23.8 Å². The number of aromatic nitrogens is 1. The van der Waals surface area contributed by atoms with Crippen molar-refractivity contribution in [3.8, 4) is 0 Å². The zero-order valence-electron chi connectivity index (χ0n) is 19.4.